The number of aliphatic hydroxyl groups excluding tert-OH is 2. The molecule has 0 saturated heterocycles. The molecule has 0 bridgehead atoms. The van der Waals surface area contributed by atoms with E-state index < -0.39 is 24.2 Å². The highest BCUT2D eigenvalue weighted by atomic mass is 16.5. The topological polar surface area (TPSA) is 95.6 Å². The van der Waals surface area contributed by atoms with Crippen LogP contribution in [0.4, 0.5) is 0 Å². The van der Waals surface area contributed by atoms with E-state index in [-0.39, 0.29) is 5.69 Å². The predicted molar refractivity (Wildman–Crippen MR) is 88.4 cm³/mol. The molecule has 1 aliphatic carbocycles. The van der Waals surface area contributed by atoms with Gasteiger partial charge in [0.1, 0.15) is 0 Å². The number of nitrogens with one attached hydrogen (secondary N) is 1. The lowest BCUT2D eigenvalue weighted by molar-refractivity contribution is -0.00131. The molecule has 24 heavy (non-hydrogen) atoms. The van der Waals surface area contributed by atoms with Crippen molar-refractivity contribution in [2.75, 3.05) is 0 Å². The summed E-state index contributed by atoms with van der Waals surface area (Å²) in [4.78, 5) is 12.3. The quantitative estimate of drug-likeness (QED) is 0.749. The Hall–Kier alpha value is -2.18. The average Bonchev–Trinajstić information content (AvgIpc) is 3.01. The van der Waals surface area contributed by atoms with Crippen LogP contribution in [-0.2, 0) is 0 Å². The van der Waals surface area contributed by atoms with Gasteiger partial charge in [-0.1, -0.05) is 47.8 Å². The van der Waals surface area contributed by atoms with Gasteiger partial charge < -0.3 is 20.1 Å². The maximum atomic E-state index is 12.3. The van der Waals surface area contributed by atoms with Crippen LogP contribution in [0.2, 0.25) is 0 Å². The second-order valence-electron chi connectivity index (χ2n) is 6.36. The minimum absolute atomic E-state index is 0.163. The smallest absolute Gasteiger partial charge is 0.273 e. The highest BCUT2D eigenvalue weighted by Crippen LogP contribution is 2.22. The molecule has 3 atom stereocenters. The summed E-state index contributed by atoms with van der Waals surface area (Å²) in [6, 6.07) is 8.84. The summed E-state index contributed by atoms with van der Waals surface area (Å²) >= 11 is 0. The molecule has 0 radical (unpaired) electrons. The lowest BCUT2D eigenvalue weighted by atomic mass is 10.0. The third-order valence-electron chi connectivity index (χ3n) is 4.47. The Balaban J connectivity index is 1.70. The van der Waals surface area contributed by atoms with Crippen molar-refractivity contribution in [3.8, 4) is 11.3 Å². The molecule has 0 unspecified atom stereocenters. The zero-order valence-electron chi connectivity index (χ0n) is 13.6. The summed E-state index contributed by atoms with van der Waals surface area (Å²) in [6.07, 6.45) is 1.11. The molecule has 3 N–H and O–H groups in total. The number of nitrogens with zero attached hydrogens (tertiary/aromatic N) is 1. The molecule has 128 valence electrons. The van der Waals surface area contributed by atoms with Gasteiger partial charge in [0.05, 0.1) is 18.2 Å². The van der Waals surface area contributed by atoms with Gasteiger partial charge >= 0.3 is 0 Å². The monoisotopic (exact) mass is 330 g/mol. The van der Waals surface area contributed by atoms with Crippen molar-refractivity contribution in [2.45, 2.75) is 50.9 Å². The first-order chi connectivity index (χ1) is 11.5. The molecule has 1 aromatic carbocycles. The maximum Gasteiger partial charge on any atom is 0.273 e. The van der Waals surface area contributed by atoms with Gasteiger partial charge in [-0.15, -0.1) is 0 Å². The van der Waals surface area contributed by atoms with E-state index in [0.29, 0.717) is 18.6 Å². The van der Waals surface area contributed by atoms with Gasteiger partial charge in [0.25, 0.3) is 5.91 Å². The summed E-state index contributed by atoms with van der Waals surface area (Å²) in [6.45, 7) is 2.00. The molecule has 1 fully saturated rings. The number of hydrogen-bond acceptors (Lipinski definition) is 5. The van der Waals surface area contributed by atoms with E-state index in [9.17, 15) is 15.0 Å². The van der Waals surface area contributed by atoms with E-state index >= 15 is 0 Å². The third-order valence-corrected chi connectivity index (χ3v) is 4.47. The first-order valence-corrected chi connectivity index (χ1v) is 8.25. The Morgan fingerprint density at radius 3 is 2.67 bits per heavy atom. The van der Waals surface area contributed by atoms with Crippen LogP contribution >= 0.6 is 0 Å². The van der Waals surface area contributed by atoms with Crippen LogP contribution < -0.4 is 5.32 Å². The highest BCUT2D eigenvalue weighted by Gasteiger charge is 2.30. The van der Waals surface area contributed by atoms with Crippen molar-refractivity contribution in [1.82, 2.24) is 10.5 Å². The standard InChI is InChI=1S/C18H22N2O4/c1-11-6-8-12(9-7-11)16-10-14(20-24-16)18(23)19-13-4-2-3-5-15(21)17(13)22/h6-10,13,15,17,21-22H,2-5H2,1H3,(H,19,23)/t13-,15-,17-/m1/s1. The Bertz CT molecular complexity index is 695. The number of benzene rings is 1. The average molecular weight is 330 g/mol. The lowest BCUT2D eigenvalue weighted by Gasteiger charge is -2.24. The van der Waals surface area contributed by atoms with E-state index in [1.807, 2.05) is 31.2 Å². The Morgan fingerprint density at radius 1 is 1.21 bits per heavy atom. The molecule has 3 rings (SSSR count). The Labute approximate surface area is 140 Å². The van der Waals surface area contributed by atoms with Crippen LogP contribution in [0.25, 0.3) is 11.3 Å². The van der Waals surface area contributed by atoms with Gasteiger partial charge in [0.2, 0.25) is 0 Å². The molecule has 0 spiro atoms. The number of aromatic nitrogens is 1. The number of carbonyl (C=O) groups is 1. The first-order valence-electron chi connectivity index (χ1n) is 8.25. The van der Waals surface area contributed by atoms with Crippen molar-refractivity contribution >= 4 is 5.91 Å². The minimum Gasteiger partial charge on any atom is -0.390 e. The molecule has 1 amide bonds. The van der Waals surface area contributed by atoms with Gasteiger partial charge in [-0.25, -0.2) is 0 Å². The molecule has 1 heterocycles. The summed E-state index contributed by atoms with van der Waals surface area (Å²) in [5.74, 6) is 0.108. The molecule has 6 heteroatoms. The van der Waals surface area contributed by atoms with Crippen molar-refractivity contribution in [3.05, 3.63) is 41.6 Å². The minimum atomic E-state index is -0.958. The Kier molecular flexibility index (Phi) is 4.97. The summed E-state index contributed by atoms with van der Waals surface area (Å²) in [5.41, 5.74) is 2.14. The van der Waals surface area contributed by atoms with Crippen LogP contribution in [0.15, 0.2) is 34.9 Å². The molecule has 1 aliphatic rings. The van der Waals surface area contributed by atoms with Crippen molar-refractivity contribution in [1.29, 1.82) is 0 Å². The predicted octanol–water partition coefficient (Wildman–Crippen LogP) is 2.04. The summed E-state index contributed by atoms with van der Waals surface area (Å²) < 4.78 is 5.25. The fourth-order valence-corrected chi connectivity index (χ4v) is 2.96. The number of aryl methyl sites for hydroxylation is 1. The van der Waals surface area contributed by atoms with Crippen LogP contribution in [0.1, 0.15) is 41.7 Å². The molecular weight excluding hydrogens is 308 g/mol. The van der Waals surface area contributed by atoms with Crippen LogP contribution in [0, 0.1) is 6.92 Å². The van der Waals surface area contributed by atoms with Crippen LogP contribution in [0.3, 0.4) is 0 Å². The molecular formula is C18H22N2O4. The third kappa shape index (κ3) is 3.66. The SMILES string of the molecule is Cc1ccc(-c2cc(C(=O)N[C@@H]3CCCC[C@@H](O)[C@@H]3O)no2)cc1. The normalized spacial score (nSPS) is 24.4. The molecule has 1 saturated carbocycles. The van der Waals surface area contributed by atoms with Gasteiger partial charge in [0.15, 0.2) is 11.5 Å². The van der Waals surface area contributed by atoms with Crippen molar-refractivity contribution < 1.29 is 19.5 Å². The van der Waals surface area contributed by atoms with E-state index in [4.69, 9.17) is 4.52 Å². The lowest BCUT2D eigenvalue weighted by Crippen LogP contribution is -2.47. The number of carbonyl (C=O) groups excluding carboxylic acids is 1. The fraction of sp³-hybridized carbons (Fsp3) is 0.444. The van der Waals surface area contributed by atoms with E-state index in [2.05, 4.69) is 10.5 Å². The second kappa shape index (κ2) is 7.15. The van der Waals surface area contributed by atoms with Gasteiger partial charge in [0, 0.05) is 11.6 Å². The number of amides is 1. The van der Waals surface area contributed by atoms with Gasteiger partial charge in [-0.3, -0.25) is 4.79 Å². The Morgan fingerprint density at radius 2 is 1.92 bits per heavy atom. The van der Waals surface area contributed by atoms with Gasteiger partial charge in [-0.05, 0) is 19.8 Å². The molecule has 2 aromatic rings. The number of rotatable bonds is 3. The highest BCUT2D eigenvalue weighted by molar-refractivity contribution is 5.93. The number of hydrogen-bond donors (Lipinski definition) is 3. The fourth-order valence-electron chi connectivity index (χ4n) is 2.96. The molecule has 6 nitrogen and oxygen atoms in total. The van der Waals surface area contributed by atoms with Crippen molar-refractivity contribution in [3.63, 3.8) is 0 Å². The van der Waals surface area contributed by atoms with E-state index in [1.54, 1.807) is 6.07 Å². The molecule has 1 aromatic heterocycles. The second-order valence-corrected chi connectivity index (χ2v) is 6.36. The summed E-state index contributed by atoms with van der Waals surface area (Å²) in [7, 11) is 0. The molecule has 0 aliphatic heterocycles. The first kappa shape index (κ1) is 16.7. The van der Waals surface area contributed by atoms with Crippen LogP contribution in [-0.4, -0.2) is 39.5 Å². The zero-order chi connectivity index (χ0) is 17.1. The number of aliphatic hydroxyl groups is 2. The van der Waals surface area contributed by atoms with Crippen molar-refractivity contribution in [2.24, 2.45) is 0 Å². The van der Waals surface area contributed by atoms with E-state index in [1.165, 1.54) is 0 Å². The zero-order valence-corrected chi connectivity index (χ0v) is 13.6. The summed E-state index contributed by atoms with van der Waals surface area (Å²) in [5, 5.41) is 26.5. The maximum absolute atomic E-state index is 12.3. The van der Waals surface area contributed by atoms with Gasteiger partial charge in [-0.2, -0.15) is 0 Å². The van der Waals surface area contributed by atoms with Crippen LogP contribution in [0.5, 0.6) is 0 Å². The largest absolute Gasteiger partial charge is 0.390 e. The van der Waals surface area contributed by atoms with E-state index in [0.717, 1.165) is 24.0 Å².